The third-order valence-corrected chi connectivity index (χ3v) is 4.11. The number of hydrogen-bond donors (Lipinski definition) is 2. The maximum atomic E-state index is 11.6. The van der Waals surface area contributed by atoms with Crippen molar-refractivity contribution >= 4 is 10.0 Å². The summed E-state index contributed by atoms with van der Waals surface area (Å²) in [5, 5.41) is 2.82. The number of ether oxygens (including phenoxy) is 1. The summed E-state index contributed by atoms with van der Waals surface area (Å²) in [6.45, 7) is 0.472. The van der Waals surface area contributed by atoms with Crippen LogP contribution in [0.5, 0.6) is 0 Å². The van der Waals surface area contributed by atoms with Crippen molar-refractivity contribution in [1.29, 1.82) is 0 Å². The van der Waals surface area contributed by atoms with Gasteiger partial charge >= 0.3 is 0 Å². The zero-order chi connectivity index (χ0) is 11.3. The van der Waals surface area contributed by atoms with E-state index >= 15 is 0 Å². The van der Waals surface area contributed by atoms with Gasteiger partial charge in [-0.3, -0.25) is 0 Å². The van der Waals surface area contributed by atoms with Gasteiger partial charge < -0.3 is 10.1 Å². The minimum absolute atomic E-state index is 0.0364. The van der Waals surface area contributed by atoms with Crippen molar-refractivity contribution in [2.24, 2.45) is 0 Å². The first-order chi connectivity index (χ1) is 7.09. The second-order valence-corrected chi connectivity index (χ2v) is 5.73. The molecule has 0 radical (unpaired) electrons. The molecule has 0 aromatic heterocycles. The number of methoxy groups -OCH3 is 1. The highest BCUT2D eigenvalue weighted by Gasteiger charge is 2.30. The molecule has 0 spiro atoms. The SMILES string of the molecule is CNCCS(=O)(=O)NC1CCCC1OC. The Hall–Kier alpha value is -0.170. The first-order valence-corrected chi connectivity index (χ1v) is 6.91. The van der Waals surface area contributed by atoms with Gasteiger partial charge in [0.2, 0.25) is 10.0 Å². The van der Waals surface area contributed by atoms with Crippen LogP contribution in [0.4, 0.5) is 0 Å². The summed E-state index contributed by atoms with van der Waals surface area (Å²) in [7, 11) is 0.206. The van der Waals surface area contributed by atoms with E-state index in [-0.39, 0.29) is 17.9 Å². The first-order valence-electron chi connectivity index (χ1n) is 5.26. The van der Waals surface area contributed by atoms with Gasteiger partial charge in [-0.05, 0) is 26.3 Å². The van der Waals surface area contributed by atoms with Gasteiger partial charge in [-0.25, -0.2) is 13.1 Å². The van der Waals surface area contributed by atoms with Gasteiger partial charge in [0.05, 0.1) is 11.9 Å². The number of rotatable bonds is 6. The van der Waals surface area contributed by atoms with Crippen LogP contribution in [0.25, 0.3) is 0 Å². The van der Waals surface area contributed by atoms with Crippen molar-refractivity contribution < 1.29 is 13.2 Å². The van der Waals surface area contributed by atoms with E-state index in [1.807, 2.05) is 0 Å². The van der Waals surface area contributed by atoms with Crippen LogP contribution < -0.4 is 10.0 Å². The third-order valence-electron chi connectivity index (χ3n) is 2.71. The minimum atomic E-state index is -3.16. The predicted molar refractivity (Wildman–Crippen MR) is 59.3 cm³/mol. The van der Waals surface area contributed by atoms with Crippen molar-refractivity contribution in [3.05, 3.63) is 0 Å². The summed E-state index contributed by atoms with van der Waals surface area (Å²) in [5.74, 6) is 0.121. The Labute approximate surface area is 91.6 Å². The minimum Gasteiger partial charge on any atom is -0.380 e. The van der Waals surface area contributed by atoms with Crippen LogP contribution in [0.1, 0.15) is 19.3 Å². The zero-order valence-electron chi connectivity index (χ0n) is 9.32. The van der Waals surface area contributed by atoms with E-state index in [1.165, 1.54) is 0 Å². The topological polar surface area (TPSA) is 67.4 Å². The summed E-state index contributed by atoms with van der Waals surface area (Å²) in [6.07, 6.45) is 2.87. The van der Waals surface area contributed by atoms with Crippen molar-refractivity contribution in [3.8, 4) is 0 Å². The summed E-state index contributed by atoms with van der Waals surface area (Å²) >= 11 is 0. The average Bonchev–Trinajstić information content (AvgIpc) is 2.61. The molecule has 0 saturated heterocycles. The van der Waals surface area contributed by atoms with Crippen LogP contribution in [-0.2, 0) is 14.8 Å². The molecule has 0 amide bonds. The summed E-state index contributed by atoms with van der Waals surface area (Å²) in [4.78, 5) is 0. The third kappa shape index (κ3) is 4.06. The van der Waals surface area contributed by atoms with E-state index in [2.05, 4.69) is 10.0 Å². The molecular formula is C9H20N2O3S. The smallest absolute Gasteiger partial charge is 0.213 e. The van der Waals surface area contributed by atoms with E-state index in [9.17, 15) is 8.42 Å². The van der Waals surface area contributed by atoms with Crippen LogP contribution in [0.15, 0.2) is 0 Å². The van der Waals surface area contributed by atoms with Gasteiger partial charge in [-0.1, -0.05) is 0 Å². The highest BCUT2D eigenvalue weighted by Crippen LogP contribution is 2.21. The lowest BCUT2D eigenvalue weighted by molar-refractivity contribution is 0.0916. The van der Waals surface area contributed by atoms with Crippen molar-refractivity contribution in [2.45, 2.75) is 31.4 Å². The van der Waals surface area contributed by atoms with Crippen molar-refractivity contribution in [3.63, 3.8) is 0 Å². The highest BCUT2D eigenvalue weighted by molar-refractivity contribution is 7.89. The Morgan fingerprint density at radius 3 is 2.73 bits per heavy atom. The fourth-order valence-corrected chi connectivity index (χ4v) is 3.19. The molecule has 0 aromatic carbocycles. The molecule has 1 aliphatic carbocycles. The van der Waals surface area contributed by atoms with Crippen LogP contribution in [0.2, 0.25) is 0 Å². The lowest BCUT2D eigenvalue weighted by Gasteiger charge is -2.19. The molecule has 1 fully saturated rings. The Morgan fingerprint density at radius 1 is 1.40 bits per heavy atom. The summed E-state index contributed by atoms with van der Waals surface area (Å²) in [5.41, 5.74) is 0. The Kier molecular flexibility index (Phi) is 4.98. The molecule has 6 heteroatoms. The van der Waals surface area contributed by atoms with E-state index in [0.717, 1.165) is 19.3 Å². The predicted octanol–water partition coefficient (Wildman–Crippen LogP) is -0.307. The maximum Gasteiger partial charge on any atom is 0.213 e. The molecule has 5 nitrogen and oxygen atoms in total. The van der Waals surface area contributed by atoms with Gasteiger partial charge in [0.15, 0.2) is 0 Å². The molecule has 2 unspecified atom stereocenters. The average molecular weight is 236 g/mol. The lowest BCUT2D eigenvalue weighted by Crippen LogP contribution is -2.42. The molecule has 1 aliphatic rings. The monoisotopic (exact) mass is 236 g/mol. The molecule has 0 heterocycles. The molecule has 0 bridgehead atoms. The second kappa shape index (κ2) is 5.79. The Bertz CT molecular complexity index is 279. The number of hydrogen-bond acceptors (Lipinski definition) is 4. The molecule has 1 rings (SSSR count). The Morgan fingerprint density at radius 2 is 2.13 bits per heavy atom. The van der Waals surface area contributed by atoms with E-state index in [0.29, 0.717) is 6.54 Å². The maximum absolute atomic E-state index is 11.6. The molecule has 2 N–H and O–H groups in total. The second-order valence-electron chi connectivity index (χ2n) is 3.85. The zero-order valence-corrected chi connectivity index (χ0v) is 10.1. The molecule has 0 aromatic rings. The fourth-order valence-electron chi connectivity index (χ4n) is 1.87. The van der Waals surface area contributed by atoms with Gasteiger partial charge in [0, 0.05) is 19.7 Å². The highest BCUT2D eigenvalue weighted by atomic mass is 32.2. The normalized spacial score (nSPS) is 27.1. The van der Waals surface area contributed by atoms with Crippen LogP contribution in [0, 0.1) is 0 Å². The first kappa shape index (κ1) is 12.9. The molecule has 0 aliphatic heterocycles. The van der Waals surface area contributed by atoms with E-state index in [1.54, 1.807) is 14.2 Å². The van der Waals surface area contributed by atoms with E-state index < -0.39 is 10.0 Å². The van der Waals surface area contributed by atoms with Crippen LogP contribution in [-0.4, -0.2) is 47.0 Å². The molecule has 15 heavy (non-hydrogen) atoms. The fraction of sp³-hybridized carbons (Fsp3) is 1.00. The lowest BCUT2D eigenvalue weighted by atomic mass is 10.2. The molecule has 2 atom stereocenters. The molecule has 90 valence electrons. The van der Waals surface area contributed by atoms with Gasteiger partial charge in [0.1, 0.15) is 0 Å². The summed E-state index contributed by atoms with van der Waals surface area (Å²) < 4.78 is 31.1. The van der Waals surface area contributed by atoms with Gasteiger partial charge in [-0.15, -0.1) is 0 Å². The van der Waals surface area contributed by atoms with Crippen molar-refractivity contribution in [2.75, 3.05) is 26.5 Å². The van der Waals surface area contributed by atoms with E-state index in [4.69, 9.17) is 4.74 Å². The largest absolute Gasteiger partial charge is 0.380 e. The van der Waals surface area contributed by atoms with Gasteiger partial charge in [0.25, 0.3) is 0 Å². The quantitative estimate of drug-likeness (QED) is 0.664. The Balaban J connectivity index is 2.45. The van der Waals surface area contributed by atoms with Crippen LogP contribution in [0.3, 0.4) is 0 Å². The number of sulfonamides is 1. The number of nitrogens with one attached hydrogen (secondary N) is 2. The molecular weight excluding hydrogens is 216 g/mol. The summed E-state index contributed by atoms with van der Waals surface area (Å²) in [6, 6.07) is -0.0446. The van der Waals surface area contributed by atoms with Crippen LogP contribution >= 0.6 is 0 Å². The van der Waals surface area contributed by atoms with Gasteiger partial charge in [-0.2, -0.15) is 0 Å². The standard InChI is InChI=1S/C9H20N2O3S/c1-10-6-7-15(12,13)11-8-4-3-5-9(8)14-2/h8-11H,3-7H2,1-2H3. The molecule has 1 saturated carbocycles. The van der Waals surface area contributed by atoms with Crippen molar-refractivity contribution in [1.82, 2.24) is 10.0 Å².